The Bertz CT molecular complexity index is 7260. The van der Waals surface area contributed by atoms with E-state index in [2.05, 4.69) is 95.9 Å². The predicted molar refractivity (Wildman–Crippen MR) is 512 cm³/mol. The van der Waals surface area contributed by atoms with Gasteiger partial charge < -0.3 is 90.2 Å². The van der Waals surface area contributed by atoms with Gasteiger partial charge in [0.25, 0.3) is 0 Å². The lowest BCUT2D eigenvalue weighted by atomic mass is 9.93. The van der Waals surface area contributed by atoms with E-state index in [0.29, 0.717) is 217 Å². The highest BCUT2D eigenvalue weighted by Crippen LogP contribution is 2.54. The average Bonchev–Trinajstić information content (AvgIpc) is 0.731. The van der Waals surface area contributed by atoms with Crippen LogP contribution in [0, 0.1) is 0 Å². The predicted octanol–water partition coefficient (Wildman–Crippen LogP) is 27.5. The molecule has 0 N–H and O–H groups in total. The third kappa shape index (κ3) is 16.2. The van der Waals surface area contributed by atoms with Crippen LogP contribution in [0.1, 0.15) is 18.4 Å². The molecule has 3 heterocycles. The van der Waals surface area contributed by atoms with Crippen LogP contribution in [0.15, 0.2) is 315 Å². The Morgan fingerprint density at radius 3 is 0.634 bits per heavy atom. The first kappa shape index (κ1) is 80.5. The van der Waals surface area contributed by atoms with Crippen molar-refractivity contribution in [3.63, 3.8) is 0 Å². The molecule has 0 amide bonds. The summed E-state index contributed by atoms with van der Waals surface area (Å²) in [5.41, 5.74) is 1.92. The van der Waals surface area contributed by atoms with Gasteiger partial charge in [-0.15, -0.1) is 0 Å². The van der Waals surface area contributed by atoms with E-state index >= 15 is 0 Å². The number of hydrogen-bond donors (Lipinski definition) is 0. The van der Waals surface area contributed by atoms with E-state index in [9.17, 15) is 0 Å². The molecule has 0 unspecified atom stereocenters. The van der Waals surface area contributed by atoms with Gasteiger partial charge in [0.1, 0.15) is 80.7 Å². The van der Waals surface area contributed by atoms with Gasteiger partial charge in [0.05, 0.1) is 34.5 Å². The molecule has 19 nitrogen and oxygen atoms in total. The van der Waals surface area contributed by atoms with Crippen molar-refractivity contribution in [2.24, 2.45) is 0 Å². The van der Waals surface area contributed by atoms with Gasteiger partial charge in [0.2, 0.25) is 0 Å². The maximum Gasteiger partial charge on any atom is 0.170 e. The molecule has 131 heavy (non-hydrogen) atoms. The van der Waals surface area contributed by atoms with E-state index in [4.69, 9.17) is 85.3 Å². The Morgan fingerprint density at radius 2 is 0.412 bits per heavy atom. The van der Waals surface area contributed by atoms with Crippen molar-refractivity contribution < 1.29 is 85.3 Å². The normalized spacial score (nSPS) is 12.6. The molecule has 0 aromatic heterocycles. The SMILES string of the molecule is COc1cc2c(cc1OCCCN(CCCOc1cc3c(cc1OC)c1cc(Oc4ccccc4)c(Oc4ccccc4)cc1c1cc4c(cc31)OCCO4)c1ccc(COc3cc4c(cc3OC)c3cc5c(cc3c3cc(Oc6ccccc6)c(Oc6ccccc6)cc43)OCCO5)cc1)c1cc3c(cc1c1cc(Oc4ccccc4)c(Oc4ccccc4)cc21)OCCO3. The molecule has 0 atom stereocenters. The molecular formula is C112H87NO18. The minimum atomic E-state index is 0.216. The van der Waals surface area contributed by atoms with E-state index < -0.39 is 0 Å². The van der Waals surface area contributed by atoms with Crippen LogP contribution in [0.5, 0.6) is 138 Å². The smallest absolute Gasteiger partial charge is 0.170 e. The van der Waals surface area contributed by atoms with Crippen molar-refractivity contribution in [1.82, 2.24) is 0 Å². The van der Waals surface area contributed by atoms with Crippen LogP contribution in [0.3, 0.4) is 0 Å². The van der Waals surface area contributed by atoms with Crippen LogP contribution in [0.25, 0.3) is 97.0 Å². The molecule has 19 aromatic rings. The molecular weight excluding hydrogens is 1650 g/mol. The fourth-order valence-electron chi connectivity index (χ4n) is 17.8. The van der Waals surface area contributed by atoms with Crippen LogP contribution in [-0.2, 0) is 6.61 Å². The third-order valence-corrected chi connectivity index (χ3v) is 24.0. The van der Waals surface area contributed by atoms with E-state index in [0.717, 1.165) is 108 Å². The molecule has 0 saturated carbocycles. The summed E-state index contributed by atoms with van der Waals surface area (Å²) in [5.74, 6) is 14.5. The lowest BCUT2D eigenvalue weighted by molar-refractivity contribution is 0.172. The first-order valence-electron chi connectivity index (χ1n) is 43.9. The average molecular weight is 1730 g/mol. The third-order valence-electron chi connectivity index (χ3n) is 24.0. The van der Waals surface area contributed by atoms with Crippen LogP contribution in [0.4, 0.5) is 5.69 Å². The minimum absolute atomic E-state index is 0.216. The highest BCUT2D eigenvalue weighted by Gasteiger charge is 2.28. The van der Waals surface area contributed by atoms with Gasteiger partial charge in [-0.2, -0.15) is 0 Å². The molecule has 648 valence electrons. The zero-order chi connectivity index (χ0) is 87.7. The van der Waals surface area contributed by atoms with Crippen LogP contribution < -0.4 is 90.2 Å². The lowest BCUT2D eigenvalue weighted by Gasteiger charge is -2.26. The summed E-state index contributed by atoms with van der Waals surface area (Å²) in [4.78, 5) is 2.38. The number of para-hydroxylation sites is 6. The fourth-order valence-corrected chi connectivity index (χ4v) is 17.8. The second-order valence-electron chi connectivity index (χ2n) is 32.1. The highest BCUT2D eigenvalue weighted by atomic mass is 16.6. The van der Waals surface area contributed by atoms with Crippen LogP contribution in [0.2, 0.25) is 0 Å². The Balaban J connectivity index is 0.594. The van der Waals surface area contributed by atoms with E-state index in [-0.39, 0.29) is 6.61 Å². The van der Waals surface area contributed by atoms with Crippen molar-refractivity contribution in [1.29, 1.82) is 0 Å². The van der Waals surface area contributed by atoms with Gasteiger partial charge in [-0.25, -0.2) is 0 Å². The van der Waals surface area contributed by atoms with Crippen LogP contribution in [-0.4, -0.2) is 87.3 Å². The summed E-state index contributed by atoms with van der Waals surface area (Å²) >= 11 is 0. The number of fused-ring (bicyclic) bond motifs is 21. The van der Waals surface area contributed by atoms with Crippen molar-refractivity contribution in [2.75, 3.05) is 92.2 Å². The van der Waals surface area contributed by atoms with Crippen molar-refractivity contribution in [2.45, 2.75) is 19.4 Å². The number of anilines is 1. The largest absolute Gasteiger partial charge is 0.493 e. The molecule has 0 radical (unpaired) electrons. The topological polar surface area (TPSA) is 169 Å². The Kier molecular flexibility index (Phi) is 21.8. The zero-order valence-corrected chi connectivity index (χ0v) is 72.0. The van der Waals surface area contributed by atoms with Gasteiger partial charge in [-0.1, -0.05) is 121 Å². The summed E-state index contributed by atoms with van der Waals surface area (Å²) in [5, 5.41) is 16.6. The summed E-state index contributed by atoms with van der Waals surface area (Å²) in [6.45, 7) is 4.64. The van der Waals surface area contributed by atoms with E-state index in [1.54, 1.807) is 21.3 Å². The lowest BCUT2D eigenvalue weighted by Crippen LogP contribution is -2.28. The number of nitrogens with zero attached hydrogens (tertiary/aromatic N) is 1. The molecule has 0 fully saturated rings. The molecule has 0 bridgehead atoms. The second kappa shape index (κ2) is 35.5. The summed E-state index contributed by atoms with van der Waals surface area (Å²) < 4.78 is 118. The van der Waals surface area contributed by atoms with E-state index in [1.165, 1.54) is 0 Å². The van der Waals surface area contributed by atoms with Crippen LogP contribution >= 0.6 is 0 Å². The number of benzene rings is 19. The van der Waals surface area contributed by atoms with Crippen molar-refractivity contribution in [3.05, 3.63) is 321 Å². The van der Waals surface area contributed by atoms with Crippen molar-refractivity contribution in [3.8, 4) is 138 Å². The molecule has 19 heteroatoms. The van der Waals surface area contributed by atoms with Gasteiger partial charge in [-0.05, 0) is 309 Å². The van der Waals surface area contributed by atoms with Gasteiger partial charge >= 0.3 is 0 Å². The molecule has 0 spiro atoms. The number of rotatable bonds is 29. The summed E-state index contributed by atoms with van der Waals surface area (Å²) in [7, 11) is 5.02. The molecule has 19 aromatic carbocycles. The maximum absolute atomic E-state index is 6.97. The van der Waals surface area contributed by atoms with E-state index in [1.807, 2.05) is 224 Å². The standard InChI is InChI=1S/C112H87NO18/c1-114-95-50-78-80(84-57-102-105(123-48-45-120-102)60-87(84)92-65-110(129-74-30-16-7-17-31-74)107(62-89(78)92)126-71-24-10-4-11-25-71)53-98(95)117-42-22-40-113(41-23-43-118-99-54-81-79(51-96(99)115-2)90-63-108(127-72-26-12-5-13-27-72)111(130-75-32-18-8-19-33-75)66-93(90)88-61-106-103(58-85(81)88)121-46-49-124-106)70-38-36-69(37-39-70)68-125-100-55-82-77(52-97(100)116-3)83-56-101-104(122-47-44-119-101)59-86(83)94-67-112(131-76-34-20-9-21-35-76)109(64-91(82)94)128-73-28-14-6-15-29-73/h4-21,24-39,50-67H,22-23,40-49,68H2,1-3H3. The van der Waals surface area contributed by atoms with Gasteiger partial charge in [0.15, 0.2) is 103 Å². The molecule has 22 rings (SSSR count). The summed E-state index contributed by atoms with van der Waals surface area (Å²) in [6.07, 6.45) is 1.22. The quantitative estimate of drug-likeness (QED) is 0.0320. The first-order valence-corrected chi connectivity index (χ1v) is 43.9. The first-order chi connectivity index (χ1) is 64.7. The van der Waals surface area contributed by atoms with Gasteiger partial charge in [-0.3, -0.25) is 0 Å². The van der Waals surface area contributed by atoms with Crippen molar-refractivity contribution >= 4 is 103 Å². The second-order valence-corrected chi connectivity index (χ2v) is 32.1. The molecule has 3 aliphatic heterocycles. The summed E-state index contributed by atoms with van der Waals surface area (Å²) in [6, 6.07) is 104. The number of ether oxygens (including phenoxy) is 18. The monoisotopic (exact) mass is 1730 g/mol. The Morgan fingerprint density at radius 1 is 0.214 bits per heavy atom. The van der Waals surface area contributed by atoms with Gasteiger partial charge in [0, 0.05) is 18.8 Å². The highest BCUT2D eigenvalue weighted by molar-refractivity contribution is 6.29. The molecule has 0 aliphatic carbocycles. The fraction of sp³-hybridized carbons (Fsp3) is 0.143. The number of hydrogen-bond acceptors (Lipinski definition) is 19. The zero-order valence-electron chi connectivity index (χ0n) is 72.0. The Labute approximate surface area is 754 Å². The Hall–Kier alpha value is -16.3. The number of methoxy groups -OCH3 is 3. The molecule has 0 saturated heterocycles. The molecule has 3 aliphatic rings. The maximum atomic E-state index is 6.97. The minimum Gasteiger partial charge on any atom is -0.493 e.